The molecule has 2 heterocycles. The molecule has 4 nitrogen and oxygen atoms in total. The minimum atomic E-state index is -0.202. The van der Waals surface area contributed by atoms with Crippen molar-refractivity contribution in [1.82, 2.24) is 10.2 Å². The summed E-state index contributed by atoms with van der Waals surface area (Å²) in [6.45, 7) is 4.08. The smallest absolute Gasteiger partial charge is 0.249 e. The fourth-order valence-electron chi connectivity index (χ4n) is 5.38. The van der Waals surface area contributed by atoms with Gasteiger partial charge in [-0.25, -0.2) is 0 Å². The lowest BCUT2D eigenvalue weighted by atomic mass is 9.76. The van der Waals surface area contributed by atoms with Gasteiger partial charge in [-0.15, -0.1) is 0 Å². The Morgan fingerprint density at radius 1 is 1.00 bits per heavy atom. The molecule has 2 unspecified atom stereocenters. The molecule has 1 N–H and O–H groups in total. The van der Waals surface area contributed by atoms with E-state index in [2.05, 4.69) is 40.5 Å². The van der Waals surface area contributed by atoms with Crippen molar-refractivity contribution in [2.75, 3.05) is 26.2 Å². The monoisotopic (exact) mass is 384 g/mol. The molecule has 1 amide bonds. The number of rotatable bonds is 6. The maximum absolute atomic E-state index is 12.3. The second kappa shape index (κ2) is 9.89. The molecule has 1 aliphatic carbocycles. The van der Waals surface area contributed by atoms with Gasteiger partial charge in [-0.3, -0.25) is 4.79 Å². The molecule has 3 fully saturated rings. The molecule has 3 aliphatic rings. The van der Waals surface area contributed by atoms with Crippen LogP contribution in [0.25, 0.3) is 0 Å². The first-order valence-electron chi connectivity index (χ1n) is 11.5. The maximum Gasteiger partial charge on any atom is 0.249 e. The van der Waals surface area contributed by atoms with Gasteiger partial charge in [0.1, 0.15) is 6.10 Å². The van der Waals surface area contributed by atoms with E-state index in [1.165, 1.54) is 44.2 Å². The van der Waals surface area contributed by atoms with Crippen LogP contribution in [-0.4, -0.2) is 49.2 Å². The average molecular weight is 385 g/mol. The lowest BCUT2D eigenvalue weighted by molar-refractivity contribution is -0.131. The zero-order chi connectivity index (χ0) is 19.2. The van der Waals surface area contributed by atoms with Crippen LogP contribution in [0, 0.1) is 5.92 Å². The largest absolute Gasteiger partial charge is 0.368 e. The van der Waals surface area contributed by atoms with Crippen molar-refractivity contribution in [3.05, 3.63) is 35.9 Å². The minimum Gasteiger partial charge on any atom is -0.368 e. The Morgan fingerprint density at radius 2 is 1.75 bits per heavy atom. The van der Waals surface area contributed by atoms with Crippen LogP contribution in [-0.2, 0) is 9.53 Å². The Kier molecular flexibility index (Phi) is 7.03. The molecule has 154 valence electrons. The normalized spacial score (nSPS) is 26.2. The summed E-state index contributed by atoms with van der Waals surface area (Å²) in [6.07, 6.45) is 10.8. The van der Waals surface area contributed by atoms with Crippen LogP contribution < -0.4 is 5.32 Å². The molecule has 2 aliphatic heterocycles. The van der Waals surface area contributed by atoms with Crippen LogP contribution in [0.2, 0.25) is 0 Å². The van der Waals surface area contributed by atoms with Crippen molar-refractivity contribution in [1.29, 1.82) is 0 Å². The summed E-state index contributed by atoms with van der Waals surface area (Å²) < 4.78 is 5.52. The van der Waals surface area contributed by atoms with E-state index < -0.39 is 0 Å². The third-order valence-electron chi connectivity index (χ3n) is 7.06. The van der Waals surface area contributed by atoms with Gasteiger partial charge >= 0.3 is 0 Å². The number of benzene rings is 1. The van der Waals surface area contributed by atoms with Crippen molar-refractivity contribution in [2.24, 2.45) is 5.92 Å². The van der Waals surface area contributed by atoms with Gasteiger partial charge in [0.25, 0.3) is 0 Å². The van der Waals surface area contributed by atoms with Crippen molar-refractivity contribution in [2.45, 2.75) is 75.9 Å². The van der Waals surface area contributed by atoms with Crippen molar-refractivity contribution >= 4 is 5.91 Å². The molecule has 1 saturated carbocycles. The number of nitrogens with zero attached hydrogens (tertiary/aromatic N) is 1. The zero-order valence-corrected chi connectivity index (χ0v) is 17.2. The Bertz CT molecular complexity index is 600. The summed E-state index contributed by atoms with van der Waals surface area (Å²) in [5, 5.41) is 3.24. The molecule has 4 heteroatoms. The molecule has 1 aromatic carbocycles. The molecule has 4 rings (SSSR count). The zero-order valence-electron chi connectivity index (χ0n) is 17.2. The number of ether oxygens (including phenoxy) is 1. The van der Waals surface area contributed by atoms with Crippen LogP contribution in [0.3, 0.4) is 0 Å². The molecule has 1 aromatic rings. The van der Waals surface area contributed by atoms with E-state index in [4.69, 9.17) is 4.74 Å². The van der Waals surface area contributed by atoms with Crippen molar-refractivity contribution < 1.29 is 9.53 Å². The average Bonchev–Trinajstić information content (AvgIpc) is 3.30. The number of likely N-dealkylation sites (tertiary alicyclic amines) is 1. The van der Waals surface area contributed by atoms with Gasteiger partial charge in [0.05, 0.1) is 0 Å². The van der Waals surface area contributed by atoms with E-state index in [-0.39, 0.29) is 12.0 Å². The van der Waals surface area contributed by atoms with Gasteiger partial charge in [-0.2, -0.15) is 0 Å². The Morgan fingerprint density at radius 3 is 2.43 bits per heavy atom. The highest BCUT2D eigenvalue weighted by molar-refractivity contribution is 5.81. The minimum absolute atomic E-state index is 0.111. The lowest BCUT2D eigenvalue weighted by Crippen LogP contribution is -2.48. The third kappa shape index (κ3) is 5.15. The van der Waals surface area contributed by atoms with E-state index in [9.17, 15) is 4.79 Å². The number of hydrogen-bond donors (Lipinski definition) is 1. The summed E-state index contributed by atoms with van der Waals surface area (Å²) in [5.41, 5.74) is 1.52. The first kappa shape index (κ1) is 19.9. The predicted octanol–water partition coefficient (Wildman–Crippen LogP) is 4.11. The molecular weight excluding hydrogens is 348 g/mol. The standard InChI is InChI=1S/C24H36N2O2/c27-24(23-12-7-17-28-23)25-21-13-15-26(16-14-21)18-22(19-8-3-1-4-9-19)20-10-5-2-6-11-20/h1,3-4,8-9,20-23H,2,5-7,10-18H2,(H,25,27). The van der Waals surface area contributed by atoms with E-state index in [0.717, 1.165) is 51.3 Å². The van der Waals surface area contributed by atoms with Crippen LogP contribution in [0.1, 0.15) is 69.3 Å². The summed E-state index contributed by atoms with van der Waals surface area (Å²) in [5.74, 6) is 1.59. The fraction of sp³-hybridized carbons (Fsp3) is 0.708. The van der Waals surface area contributed by atoms with Crippen LogP contribution in [0.5, 0.6) is 0 Å². The molecule has 2 atom stereocenters. The molecule has 0 spiro atoms. The topological polar surface area (TPSA) is 41.6 Å². The Labute approximate surface area is 170 Å². The van der Waals surface area contributed by atoms with Crippen LogP contribution in [0.15, 0.2) is 30.3 Å². The van der Waals surface area contributed by atoms with E-state index in [1.807, 2.05) is 0 Å². The van der Waals surface area contributed by atoms with Gasteiger partial charge in [-0.05, 0) is 55.9 Å². The molecule has 2 saturated heterocycles. The lowest BCUT2D eigenvalue weighted by Gasteiger charge is -2.38. The molecule has 0 aromatic heterocycles. The number of nitrogens with one attached hydrogen (secondary N) is 1. The molecule has 0 radical (unpaired) electrons. The highest BCUT2D eigenvalue weighted by atomic mass is 16.5. The number of hydrogen-bond acceptors (Lipinski definition) is 3. The number of amides is 1. The van der Waals surface area contributed by atoms with E-state index in [1.54, 1.807) is 0 Å². The fourth-order valence-corrected chi connectivity index (χ4v) is 5.38. The van der Waals surface area contributed by atoms with Crippen LogP contribution >= 0.6 is 0 Å². The van der Waals surface area contributed by atoms with E-state index in [0.29, 0.717) is 12.0 Å². The van der Waals surface area contributed by atoms with E-state index >= 15 is 0 Å². The maximum atomic E-state index is 12.3. The number of carbonyl (C=O) groups is 1. The van der Waals surface area contributed by atoms with Crippen LogP contribution in [0.4, 0.5) is 0 Å². The highest BCUT2D eigenvalue weighted by Gasteiger charge is 2.30. The van der Waals surface area contributed by atoms with Gasteiger partial charge in [0.2, 0.25) is 5.91 Å². The second-order valence-electron chi connectivity index (χ2n) is 9.00. The second-order valence-corrected chi connectivity index (χ2v) is 9.00. The third-order valence-corrected chi connectivity index (χ3v) is 7.06. The van der Waals surface area contributed by atoms with Gasteiger partial charge in [0, 0.05) is 32.3 Å². The van der Waals surface area contributed by atoms with Gasteiger partial charge in [0.15, 0.2) is 0 Å². The SMILES string of the molecule is O=C(NC1CCN(CC(c2ccccc2)C2CCCCC2)CC1)C1CCCO1. The molecule has 28 heavy (non-hydrogen) atoms. The highest BCUT2D eigenvalue weighted by Crippen LogP contribution is 2.37. The molecular formula is C24H36N2O2. The Balaban J connectivity index is 1.30. The quantitative estimate of drug-likeness (QED) is 0.802. The van der Waals surface area contributed by atoms with Gasteiger partial charge < -0.3 is 15.0 Å². The number of piperidine rings is 1. The Hall–Kier alpha value is -1.39. The summed E-state index contributed by atoms with van der Waals surface area (Å²) in [4.78, 5) is 15.0. The van der Waals surface area contributed by atoms with Crippen molar-refractivity contribution in [3.63, 3.8) is 0 Å². The first-order valence-corrected chi connectivity index (χ1v) is 11.5. The predicted molar refractivity (Wildman–Crippen MR) is 112 cm³/mol. The summed E-state index contributed by atoms with van der Waals surface area (Å²) in [7, 11) is 0. The summed E-state index contributed by atoms with van der Waals surface area (Å²) in [6, 6.07) is 11.5. The first-order chi connectivity index (χ1) is 13.8. The van der Waals surface area contributed by atoms with Gasteiger partial charge in [-0.1, -0.05) is 49.6 Å². The molecule has 0 bridgehead atoms. The number of carbonyl (C=O) groups excluding carboxylic acids is 1. The van der Waals surface area contributed by atoms with Crippen molar-refractivity contribution in [3.8, 4) is 0 Å². The summed E-state index contributed by atoms with van der Waals surface area (Å²) >= 11 is 0.